The summed E-state index contributed by atoms with van der Waals surface area (Å²) in [5, 5.41) is 6.14. The highest BCUT2D eigenvalue weighted by Gasteiger charge is 2.30. The quantitative estimate of drug-likeness (QED) is 0.501. The van der Waals surface area contributed by atoms with E-state index in [0.29, 0.717) is 30.7 Å². The standard InChI is InChI=1S/C28H29N3O2/c32-27(30-26-9-5-4-8-25(26)21-6-2-1-3-7-21)19-31(24-16-17-24)18-20-10-12-22(13-11-20)28(33)29-23-14-15-23/h1-13,23-24H,14-19H2,(H,29,33)(H,30,32). The Morgan fingerprint density at radius 1 is 0.818 bits per heavy atom. The second kappa shape index (κ2) is 9.59. The van der Waals surface area contributed by atoms with Gasteiger partial charge in [-0.3, -0.25) is 14.5 Å². The van der Waals surface area contributed by atoms with E-state index >= 15 is 0 Å². The van der Waals surface area contributed by atoms with Crippen molar-refractivity contribution in [1.82, 2.24) is 10.2 Å². The van der Waals surface area contributed by atoms with Gasteiger partial charge in [-0.1, -0.05) is 60.7 Å². The third-order valence-corrected chi connectivity index (χ3v) is 6.21. The van der Waals surface area contributed by atoms with Gasteiger partial charge in [0.05, 0.1) is 6.54 Å². The van der Waals surface area contributed by atoms with E-state index in [1.165, 1.54) is 0 Å². The van der Waals surface area contributed by atoms with Gasteiger partial charge in [-0.15, -0.1) is 0 Å². The molecule has 168 valence electrons. The molecule has 0 heterocycles. The minimum Gasteiger partial charge on any atom is -0.349 e. The van der Waals surface area contributed by atoms with Crippen LogP contribution in [0.4, 0.5) is 5.69 Å². The van der Waals surface area contributed by atoms with E-state index in [4.69, 9.17) is 0 Å². The summed E-state index contributed by atoms with van der Waals surface area (Å²) in [6.45, 7) is 1.04. The Labute approximate surface area is 194 Å². The molecule has 2 aliphatic rings. The molecule has 0 radical (unpaired) electrons. The molecule has 3 aromatic carbocycles. The summed E-state index contributed by atoms with van der Waals surface area (Å²) in [6.07, 6.45) is 4.40. The van der Waals surface area contributed by atoms with Crippen LogP contribution in [0.3, 0.4) is 0 Å². The van der Waals surface area contributed by atoms with Crippen molar-refractivity contribution in [2.45, 2.75) is 44.3 Å². The lowest BCUT2D eigenvalue weighted by atomic mass is 10.0. The van der Waals surface area contributed by atoms with Crippen molar-refractivity contribution in [3.05, 3.63) is 90.0 Å². The lowest BCUT2D eigenvalue weighted by Crippen LogP contribution is -2.34. The minimum atomic E-state index is -0.00860. The zero-order chi connectivity index (χ0) is 22.6. The van der Waals surface area contributed by atoms with E-state index < -0.39 is 0 Å². The number of anilines is 1. The van der Waals surface area contributed by atoms with Crippen LogP contribution in [0.1, 0.15) is 41.6 Å². The van der Waals surface area contributed by atoms with Crippen LogP contribution >= 0.6 is 0 Å². The van der Waals surface area contributed by atoms with Crippen LogP contribution in [-0.2, 0) is 11.3 Å². The molecule has 0 saturated heterocycles. The monoisotopic (exact) mass is 439 g/mol. The molecule has 5 nitrogen and oxygen atoms in total. The molecule has 0 spiro atoms. The third-order valence-electron chi connectivity index (χ3n) is 6.21. The molecule has 2 fully saturated rings. The maximum atomic E-state index is 13.0. The molecule has 0 bridgehead atoms. The second-order valence-corrected chi connectivity index (χ2v) is 9.04. The van der Waals surface area contributed by atoms with Crippen LogP contribution in [0.15, 0.2) is 78.9 Å². The number of amides is 2. The normalized spacial score (nSPS) is 15.3. The SMILES string of the molecule is O=C(CN(Cc1ccc(C(=O)NC2CC2)cc1)C1CC1)Nc1ccccc1-c1ccccc1. The first-order valence-electron chi connectivity index (χ1n) is 11.7. The summed E-state index contributed by atoms with van der Waals surface area (Å²) in [5.41, 5.74) is 4.74. The molecule has 33 heavy (non-hydrogen) atoms. The van der Waals surface area contributed by atoms with Gasteiger partial charge in [-0.05, 0) is 55.0 Å². The van der Waals surface area contributed by atoms with Crippen molar-refractivity contribution in [3.63, 3.8) is 0 Å². The molecular weight excluding hydrogens is 410 g/mol. The number of para-hydroxylation sites is 1. The first-order chi connectivity index (χ1) is 16.2. The van der Waals surface area contributed by atoms with Gasteiger partial charge in [-0.25, -0.2) is 0 Å². The first-order valence-corrected chi connectivity index (χ1v) is 11.7. The van der Waals surface area contributed by atoms with Crippen LogP contribution in [0.5, 0.6) is 0 Å². The van der Waals surface area contributed by atoms with Crippen LogP contribution in [0.2, 0.25) is 0 Å². The molecule has 2 N–H and O–H groups in total. The lowest BCUT2D eigenvalue weighted by Gasteiger charge is -2.22. The number of carbonyl (C=O) groups excluding carboxylic acids is 2. The van der Waals surface area contributed by atoms with Gasteiger partial charge in [0.15, 0.2) is 0 Å². The van der Waals surface area contributed by atoms with Gasteiger partial charge < -0.3 is 10.6 Å². The van der Waals surface area contributed by atoms with Crippen molar-refractivity contribution in [3.8, 4) is 11.1 Å². The maximum absolute atomic E-state index is 13.0. The van der Waals surface area contributed by atoms with E-state index in [2.05, 4.69) is 27.7 Å². The molecule has 5 heteroatoms. The van der Waals surface area contributed by atoms with Crippen molar-refractivity contribution >= 4 is 17.5 Å². The number of carbonyl (C=O) groups is 2. The molecule has 0 atom stereocenters. The largest absolute Gasteiger partial charge is 0.349 e. The predicted octanol–water partition coefficient (Wildman–Crippen LogP) is 4.85. The van der Waals surface area contributed by atoms with Gasteiger partial charge in [0.25, 0.3) is 5.91 Å². The molecule has 5 rings (SSSR count). The smallest absolute Gasteiger partial charge is 0.251 e. The number of rotatable bonds is 9. The van der Waals surface area contributed by atoms with E-state index in [-0.39, 0.29) is 11.8 Å². The summed E-state index contributed by atoms with van der Waals surface area (Å²) in [4.78, 5) is 27.4. The van der Waals surface area contributed by atoms with Crippen molar-refractivity contribution < 1.29 is 9.59 Å². The van der Waals surface area contributed by atoms with Gasteiger partial charge in [0, 0.05) is 35.4 Å². The Balaban J connectivity index is 1.22. The first kappa shape index (κ1) is 21.4. The van der Waals surface area contributed by atoms with Gasteiger partial charge in [0.2, 0.25) is 5.91 Å². The van der Waals surface area contributed by atoms with E-state index in [0.717, 1.165) is 48.1 Å². The average Bonchev–Trinajstić information content (AvgIpc) is 3.75. The van der Waals surface area contributed by atoms with E-state index in [1.54, 1.807) is 0 Å². The zero-order valence-electron chi connectivity index (χ0n) is 18.7. The van der Waals surface area contributed by atoms with Crippen molar-refractivity contribution in [2.75, 3.05) is 11.9 Å². The minimum absolute atomic E-state index is 0.000409. The Kier molecular flexibility index (Phi) is 6.22. The van der Waals surface area contributed by atoms with Gasteiger partial charge in [0.1, 0.15) is 0 Å². The highest BCUT2D eigenvalue weighted by atomic mass is 16.2. The second-order valence-electron chi connectivity index (χ2n) is 9.04. The summed E-state index contributed by atoms with van der Waals surface area (Å²) in [7, 11) is 0. The lowest BCUT2D eigenvalue weighted by molar-refractivity contribution is -0.117. The zero-order valence-corrected chi connectivity index (χ0v) is 18.7. The number of nitrogens with zero attached hydrogens (tertiary/aromatic N) is 1. The summed E-state index contributed by atoms with van der Waals surface area (Å²) in [6, 6.07) is 26.6. The Morgan fingerprint density at radius 3 is 2.21 bits per heavy atom. The molecule has 3 aromatic rings. The average molecular weight is 440 g/mol. The predicted molar refractivity (Wildman–Crippen MR) is 131 cm³/mol. The fourth-order valence-corrected chi connectivity index (χ4v) is 4.08. The molecule has 0 aliphatic heterocycles. The van der Waals surface area contributed by atoms with Crippen LogP contribution in [0.25, 0.3) is 11.1 Å². The molecular formula is C28H29N3O2. The van der Waals surface area contributed by atoms with Crippen LogP contribution in [0, 0.1) is 0 Å². The molecule has 2 saturated carbocycles. The highest BCUT2D eigenvalue weighted by molar-refractivity contribution is 5.96. The Hall–Kier alpha value is -3.44. The third kappa shape index (κ3) is 5.68. The van der Waals surface area contributed by atoms with Crippen LogP contribution < -0.4 is 10.6 Å². The molecule has 2 aliphatic carbocycles. The molecule has 0 unspecified atom stereocenters. The van der Waals surface area contributed by atoms with Crippen molar-refractivity contribution in [1.29, 1.82) is 0 Å². The number of hydrogen-bond acceptors (Lipinski definition) is 3. The fourth-order valence-electron chi connectivity index (χ4n) is 4.08. The molecule has 2 amide bonds. The number of benzene rings is 3. The number of hydrogen-bond donors (Lipinski definition) is 2. The van der Waals surface area contributed by atoms with Gasteiger partial charge in [-0.2, -0.15) is 0 Å². The maximum Gasteiger partial charge on any atom is 0.251 e. The van der Waals surface area contributed by atoms with E-state index in [9.17, 15) is 9.59 Å². The highest BCUT2D eigenvalue weighted by Crippen LogP contribution is 2.30. The Morgan fingerprint density at radius 2 is 1.52 bits per heavy atom. The van der Waals surface area contributed by atoms with Gasteiger partial charge >= 0.3 is 0 Å². The van der Waals surface area contributed by atoms with Crippen LogP contribution in [-0.4, -0.2) is 35.3 Å². The molecule has 0 aromatic heterocycles. The van der Waals surface area contributed by atoms with E-state index in [1.807, 2.05) is 66.7 Å². The fraction of sp³-hybridized carbons (Fsp3) is 0.286. The summed E-state index contributed by atoms with van der Waals surface area (Å²) >= 11 is 0. The Bertz CT molecular complexity index is 1120. The number of nitrogens with one attached hydrogen (secondary N) is 2. The summed E-state index contributed by atoms with van der Waals surface area (Å²) in [5.74, 6) is -0.00901. The summed E-state index contributed by atoms with van der Waals surface area (Å²) < 4.78 is 0. The topological polar surface area (TPSA) is 61.4 Å². The van der Waals surface area contributed by atoms with Crippen molar-refractivity contribution in [2.24, 2.45) is 0 Å².